The second kappa shape index (κ2) is 5.35. The van der Waals surface area contributed by atoms with E-state index in [9.17, 15) is 9.18 Å². The van der Waals surface area contributed by atoms with Gasteiger partial charge >= 0.3 is 0 Å². The van der Waals surface area contributed by atoms with Crippen LogP contribution in [0.25, 0.3) is 0 Å². The minimum atomic E-state index is -0.203. The smallest absolute Gasteiger partial charge is 0.140 e. The summed E-state index contributed by atoms with van der Waals surface area (Å²) in [5.74, 6) is -0.0898. The van der Waals surface area contributed by atoms with Gasteiger partial charge in [0.15, 0.2) is 0 Å². The Balaban J connectivity index is 2.30. The van der Waals surface area contributed by atoms with E-state index in [0.717, 1.165) is 16.5 Å². The second-order valence-electron chi connectivity index (χ2n) is 4.90. The lowest BCUT2D eigenvalue weighted by molar-refractivity contribution is -0.122. The van der Waals surface area contributed by atoms with E-state index in [4.69, 9.17) is 0 Å². The van der Waals surface area contributed by atoms with Crippen LogP contribution in [0.15, 0.2) is 28.8 Å². The number of carbonyl (C=O) groups is 1. The van der Waals surface area contributed by atoms with Gasteiger partial charge in [0.1, 0.15) is 11.6 Å². The van der Waals surface area contributed by atoms with E-state index in [2.05, 4.69) is 15.9 Å². The van der Waals surface area contributed by atoms with Crippen LogP contribution in [-0.4, -0.2) is 5.78 Å². The van der Waals surface area contributed by atoms with Gasteiger partial charge in [-0.05, 0) is 40.9 Å². The molecule has 1 nitrogen and oxygen atoms in total. The average Bonchev–Trinajstić information content (AvgIpc) is 2.35. The van der Waals surface area contributed by atoms with E-state index < -0.39 is 0 Å². The van der Waals surface area contributed by atoms with Crippen molar-refractivity contribution in [3.8, 4) is 0 Å². The summed E-state index contributed by atoms with van der Waals surface area (Å²) in [6, 6.07) is 5.23. The Morgan fingerprint density at radius 1 is 1.39 bits per heavy atom. The van der Waals surface area contributed by atoms with Crippen LogP contribution in [0, 0.1) is 18.7 Å². The van der Waals surface area contributed by atoms with Crippen LogP contribution in [0.4, 0.5) is 4.39 Å². The first-order valence-corrected chi connectivity index (χ1v) is 6.93. The average molecular weight is 311 g/mol. The molecule has 0 saturated heterocycles. The van der Waals surface area contributed by atoms with E-state index in [1.807, 2.05) is 19.1 Å². The van der Waals surface area contributed by atoms with Crippen LogP contribution in [0.2, 0.25) is 0 Å². The standard InChI is InChI=1S/C15H16BrFO/c1-9-3-4-11(7-14(9)17)10(2)13-8-12(16)5-6-15(13)18/h3-4,7-8,10,13H,5-6H2,1-2H3. The molecule has 18 heavy (non-hydrogen) atoms. The SMILES string of the molecule is Cc1ccc(C(C)C2C=C(Br)CCC2=O)cc1F. The summed E-state index contributed by atoms with van der Waals surface area (Å²) in [7, 11) is 0. The van der Waals surface area contributed by atoms with Crippen molar-refractivity contribution in [2.45, 2.75) is 32.6 Å². The van der Waals surface area contributed by atoms with Crippen molar-refractivity contribution >= 4 is 21.7 Å². The molecule has 0 spiro atoms. The fourth-order valence-corrected chi connectivity index (χ4v) is 2.79. The number of hydrogen-bond donors (Lipinski definition) is 0. The number of hydrogen-bond acceptors (Lipinski definition) is 1. The molecule has 2 atom stereocenters. The van der Waals surface area contributed by atoms with Crippen LogP contribution in [0.5, 0.6) is 0 Å². The number of benzene rings is 1. The van der Waals surface area contributed by atoms with Crippen molar-refractivity contribution in [2.24, 2.45) is 5.92 Å². The molecule has 1 aliphatic carbocycles. The molecule has 1 aromatic carbocycles. The molecule has 1 aromatic rings. The first-order valence-electron chi connectivity index (χ1n) is 6.14. The third-order valence-corrected chi connectivity index (χ3v) is 4.26. The molecule has 0 fully saturated rings. The maximum absolute atomic E-state index is 13.6. The zero-order chi connectivity index (χ0) is 13.3. The predicted octanol–water partition coefficient (Wildman–Crippen LogP) is 4.50. The lowest BCUT2D eigenvalue weighted by Crippen LogP contribution is -2.22. The normalized spacial score (nSPS) is 21.7. The molecule has 0 aliphatic heterocycles. The lowest BCUT2D eigenvalue weighted by atomic mass is 9.80. The number of allylic oxidation sites excluding steroid dienone is 2. The number of aryl methyl sites for hydroxylation is 1. The van der Waals surface area contributed by atoms with Gasteiger partial charge in [-0.1, -0.05) is 41.1 Å². The summed E-state index contributed by atoms with van der Waals surface area (Å²) in [5, 5.41) is 0. The highest BCUT2D eigenvalue weighted by Gasteiger charge is 2.27. The van der Waals surface area contributed by atoms with E-state index in [0.29, 0.717) is 12.0 Å². The fourth-order valence-electron chi connectivity index (χ4n) is 2.30. The van der Waals surface area contributed by atoms with Crippen molar-refractivity contribution in [3.05, 3.63) is 45.7 Å². The molecule has 0 aromatic heterocycles. The van der Waals surface area contributed by atoms with Crippen LogP contribution < -0.4 is 0 Å². The summed E-state index contributed by atoms with van der Waals surface area (Å²) < 4.78 is 14.6. The van der Waals surface area contributed by atoms with E-state index >= 15 is 0 Å². The van der Waals surface area contributed by atoms with Crippen LogP contribution in [0.1, 0.15) is 36.8 Å². The quantitative estimate of drug-likeness (QED) is 0.786. The Bertz CT molecular complexity index is 507. The lowest BCUT2D eigenvalue weighted by Gasteiger charge is -2.24. The number of halogens is 2. The number of carbonyl (C=O) groups excluding carboxylic acids is 1. The summed E-state index contributed by atoms with van der Waals surface area (Å²) >= 11 is 3.46. The predicted molar refractivity (Wildman–Crippen MR) is 74.3 cm³/mol. The van der Waals surface area contributed by atoms with Gasteiger partial charge in [0.2, 0.25) is 0 Å². The molecule has 3 heteroatoms. The van der Waals surface area contributed by atoms with Gasteiger partial charge in [-0.2, -0.15) is 0 Å². The Morgan fingerprint density at radius 2 is 2.11 bits per heavy atom. The zero-order valence-corrected chi connectivity index (χ0v) is 12.1. The molecule has 0 bridgehead atoms. The van der Waals surface area contributed by atoms with Gasteiger partial charge in [0.25, 0.3) is 0 Å². The molecule has 1 aliphatic rings. The molecule has 0 N–H and O–H groups in total. The summed E-state index contributed by atoms with van der Waals surface area (Å²) in [6.07, 6.45) is 3.32. The third-order valence-electron chi connectivity index (χ3n) is 3.60. The van der Waals surface area contributed by atoms with Crippen molar-refractivity contribution in [3.63, 3.8) is 0 Å². The first-order chi connectivity index (χ1) is 8.49. The monoisotopic (exact) mass is 310 g/mol. The first kappa shape index (κ1) is 13.5. The van der Waals surface area contributed by atoms with E-state index in [-0.39, 0.29) is 23.4 Å². The van der Waals surface area contributed by atoms with Crippen molar-refractivity contribution < 1.29 is 9.18 Å². The third kappa shape index (κ3) is 2.72. The van der Waals surface area contributed by atoms with Crippen LogP contribution >= 0.6 is 15.9 Å². The highest BCUT2D eigenvalue weighted by Crippen LogP contribution is 2.34. The molecule has 0 amide bonds. The summed E-state index contributed by atoms with van der Waals surface area (Å²) in [6.45, 7) is 3.72. The maximum atomic E-state index is 13.6. The highest BCUT2D eigenvalue weighted by atomic mass is 79.9. The topological polar surface area (TPSA) is 17.1 Å². The summed E-state index contributed by atoms with van der Waals surface area (Å²) in [5.41, 5.74) is 1.52. The minimum absolute atomic E-state index is 0.0143. The van der Waals surface area contributed by atoms with Crippen molar-refractivity contribution in [1.29, 1.82) is 0 Å². The van der Waals surface area contributed by atoms with Gasteiger partial charge in [-0.15, -0.1) is 0 Å². The molecule has 0 heterocycles. The zero-order valence-electron chi connectivity index (χ0n) is 10.5. The molecule has 96 valence electrons. The molecule has 2 rings (SSSR count). The Hall–Kier alpha value is -0.960. The summed E-state index contributed by atoms with van der Waals surface area (Å²) in [4.78, 5) is 11.9. The Kier molecular flexibility index (Phi) is 4.00. The molecule has 0 radical (unpaired) electrons. The van der Waals surface area contributed by atoms with Gasteiger partial charge in [0, 0.05) is 12.3 Å². The van der Waals surface area contributed by atoms with Gasteiger partial charge in [-0.25, -0.2) is 4.39 Å². The van der Waals surface area contributed by atoms with Crippen molar-refractivity contribution in [1.82, 2.24) is 0 Å². The molecular weight excluding hydrogens is 295 g/mol. The minimum Gasteiger partial charge on any atom is -0.299 e. The van der Waals surface area contributed by atoms with E-state index in [1.54, 1.807) is 19.1 Å². The maximum Gasteiger partial charge on any atom is 0.140 e. The largest absolute Gasteiger partial charge is 0.299 e. The van der Waals surface area contributed by atoms with Gasteiger partial charge in [0.05, 0.1) is 0 Å². The Labute approximate surface area is 115 Å². The number of Topliss-reactive ketones (excluding diaryl/α,β-unsaturated/α-hetero) is 1. The number of rotatable bonds is 2. The molecule has 0 saturated carbocycles. The Morgan fingerprint density at radius 3 is 2.78 bits per heavy atom. The number of ketones is 1. The molecule has 2 unspecified atom stereocenters. The van der Waals surface area contributed by atoms with Crippen molar-refractivity contribution in [2.75, 3.05) is 0 Å². The second-order valence-corrected chi connectivity index (χ2v) is 5.92. The van der Waals surface area contributed by atoms with Crippen LogP contribution in [0.3, 0.4) is 0 Å². The van der Waals surface area contributed by atoms with Crippen LogP contribution in [-0.2, 0) is 4.79 Å². The molecular formula is C15H16BrFO. The van der Waals surface area contributed by atoms with Gasteiger partial charge in [-0.3, -0.25) is 4.79 Å². The van der Waals surface area contributed by atoms with E-state index in [1.165, 1.54) is 0 Å². The fraction of sp³-hybridized carbons (Fsp3) is 0.400. The van der Waals surface area contributed by atoms with Gasteiger partial charge < -0.3 is 0 Å². The highest BCUT2D eigenvalue weighted by molar-refractivity contribution is 9.11.